The van der Waals surface area contributed by atoms with Gasteiger partial charge in [0.15, 0.2) is 5.69 Å². The molecular formula is C25H23F3N6O2. The zero-order chi connectivity index (χ0) is 25.3. The number of benzene rings is 2. The van der Waals surface area contributed by atoms with Crippen molar-refractivity contribution in [2.24, 2.45) is 0 Å². The number of para-hydroxylation sites is 1. The van der Waals surface area contributed by atoms with Crippen molar-refractivity contribution in [3.63, 3.8) is 0 Å². The third-order valence-corrected chi connectivity index (χ3v) is 6.07. The fourth-order valence-corrected chi connectivity index (χ4v) is 4.15. The van der Waals surface area contributed by atoms with Gasteiger partial charge in [0.1, 0.15) is 0 Å². The van der Waals surface area contributed by atoms with Gasteiger partial charge in [-0.15, -0.1) is 0 Å². The first-order valence-corrected chi connectivity index (χ1v) is 11.4. The van der Waals surface area contributed by atoms with Gasteiger partial charge in [-0.2, -0.15) is 23.3 Å². The van der Waals surface area contributed by atoms with Crippen molar-refractivity contribution in [3.05, 3.63) is 83.5 Å². The van der Waals surface area contributed by atoms with E-state index < -0.39 is 23.3 Å². The van der Waals surface area contributed by atoms with Crippen LogP contribution in [-0.2, 0) is 12.7 Å². The monoisotopic (exact) mass is 496 g/mol. The molecule has 1 aliphatic heterocycles. The minimum absolute atomic E-state index is 0.234. The van der Waals surface area contributed by atoms with Crippen LogP contribution in [0, 0.1) is 6.92 Å². The maximum atomic E-state index is 13.9. The summed E-state index contributed by atoms with van der Waals surface area (Å²) in [5, 5.41) is 7.91. The molecule has 4 aromatic rings. The average Bonchev–Trinajstić information content (AvgIpc) is 3.53. The van der Waals surface area contributed by atoms with Gasteiger partial charge in [0, 0.05) is 31.7 Å². The minimum Gasteiger partial charge on any atom is -0.338 e. The first kappa shape index (κ1) is 23.7. The predicted molar refractivity (Wildman–Crippen MR) is 124 cm³/mol. The lowest BCUT2D eigenvalue weighted by Gasteiger charge is -2.34. The second-order valence-electron chi connectivity index (χ2n) is 8.60. The summed E-state index contributed by atoms with van der Waals surface area (Å²) in [7, 11) is 0. The van der Waals surface area contributed by atoms with Crippen molar-refractivity contribution >= 4 is 5.91 Å². The van der Waals surface area contributed by atoms with Crippen LogP contribution in [0.4, 0.5) is 13.2 Å². The summed E-state index contributed by atoms with van der Waals surface area (Å²) in [6, 6.07) is 15.7. The quantitative estimate of drug-likeness (QED) is 0.412. The number of amides is 1. The van der Waals surface area contributed by atoms with Crippen LogP contribution in [0.1, 0.15) is 27.5 Å². The van der Waals surface area contributed by atoms with E-state index in [2.05, 4.69) is 15.2 Å². The zero-order valence-corrected chi connectivity index (χ0v) is 19.4. The summed E-state index contributed by atoms with van der Waals surface area (Å²) in [5.74, 6) is 0.242. The molecule has 0 atom stereocenters. The fourth-order valence-electron chi connectivity index (χ4n) is 4.15. The van der Waals surface area contributed by atoms with E-state index in [1.165, 1.54) is 17.0 Å². The van der Waals surface area contributed by atoms with Gasteiger partial charge in [-0.25, -0.2) is 4.68 Å². The van der Waals surface area contributed by atoms with Crippen molar-refractivity contribution in [1.82, 2.24) is 29.7 Å². The lowest BCUT2D eigenvalue weighted by molar-refractivity contribution is -0.143. The van der Waals surface area contributed by atoms with Crippen LogP contribution in [-0.4, -0.2) is 61.8 Å². The van der Waals surface area contributed by atoms with E-state index >= 15 is 0 Å². The smallest absolute Gasteiger partial charge is 0.338 e. The van der Waals surface area contributed by atoms with Gasteiger partial charge in [0.2, 0.25) is 11.7 Å². The SMILES string of the molecule is Cc1ccc(-c2noc(CN3CCN(C(=O)c4cnn(-c5ccccc5)c4C(F)(F)F)CC3)n2)cc1. The molecule has 0 aliphatic carbocycles. The molecule has 3 heterocycles. The maximum absolute atomic E-state index is 13.9. The number of aryl methyl sites for hydroxylation is 1. The Balaban J connectivity index is 1.25. The lowest BCUT2D eigenvalue weighted by atomic mass is 10.1. The first-order chi connectivity index (χ1) is 17.3. The highest BCUT2D eigenvalue weighted by Gasteiger charge is 2.41. The van der Waals surface area contributed by atoms with Crippen molar-refractivity contribution < 1.29 is 22.5 Å². The number of carbonyl (C=O) groups is 1. The second-order valence-corrected chi connectivity index (χ2v) is 8.60. The molecule has 0 bridgehead atoms. The minimum atomic E-state index is -4.74. The Morgan fingerprint density at radius 3 is 2.36 bits per heavy atom. The Bertz CT molecular complexity index is 1340. The van der Waals surface area contributed by atoms with Crippen LogP contribution < -0.4 is 0 Å². The number of nitrogens with zero attached hydrogens (tertiary/aromatic N) is 6. The lowest BCUT2D eigenvalue weighted by Crippen LogP contribution is -2.48. The first-order valence-electron chi connectivity index (χ1n) is 11.4. The summed E-state index contributed by atoms with van der Waals surface area (Å²) < 4.78 is 48.0. The third-order valence-electron chi connectivity index (χ3n) is 6.07. The van der Waals surface area contributed by atoms with Gasteiger partial charge in [-0.1, -0.05) is 53.2 Å². The highest BCUT2D eigenvalue weighted by atomic mass is 19.4. The van der Waals surface area contributed by atoms with Gasteiger partial charge in [0.25, 0.3) is 5.91 Å². The standard InChI is InChI=1S/C25H23F3N6O2/c1-17-7-9-18(10-8-17)23-30-21(36-31-23)16-32-11-13-33(14-12-32)24(35)20-15-29-34(22(20)25(26,27)28)19-5-3-2-4-6-19/h2-10,15H,11-14,16H2,1H3. The van der Waals surface area contributed by atoms with Crippen LogP contribution in [0.25, 0.3) is 17.1 Å². The van der Waals surface area contributed by atoms with Gasteiger partial charge in [-0.3, -0.25) is 9.69 Å². The maximum Gasteiger partial charge on any atom is 0.434 e. The largest absolute Gasteiger partial charge is 0.434 e. The Morgan fingerprint density at radius 1 is 1.00 bits per heavy atom. The summed E-state index contributed by atoms with van der Waals surface area (Å²) in [6.45, 7) is 3.84. The normalized spacial score (nSPS) is 14.8. The molecule has 36 heavy (non-hydrogen) atoms. The fraction of sp³-hybridized carbons (Fsp3) is 0.280. The average molecular weight is 496 g/mol. The molecular weight excluding hydrogens is 473 g/mol. The second kappa shape index (κ2) is 9.57. The topological polar surface area (TPSA) is 80.3 Å². The van der Waals surface area contributed by atoms with E-state index in [-0.39, 0.29) is 18.8 Å². The number of aromatic nitrogens is 4. The van der Waals surface area contributed by atoms with Gasteiger partial charge in [-0.05, 0) is 19.1 Å². The Kier molecular flexibility index (Phi) is 6.31. The van der Waals surface area contributed by atoms with Crippen LogP contribution in [0.3, 0.4) is 0 Å². The molecule has 8 nitrogen and oxygen atoms in total. The predicted octanol–water partition coefficient (Wildman–Crippen LogP) is 4.21. The number of piperazine rings is 1. The molecule has 186 valence electrons. The molecule has 2 aromatic heterocycles. The van der Waals surface area contributed by atoms with Gasteiger partial charge < -0.3 is 9.42 Å². The van der Waals surface area contributed by atoms with Crippen LogP contribution in [0.2, 0.25) is 0 Å². The van der Waals surface area contributed by atoms with E-state index in [1.807, 2.05) is 36.1 Å². The number of carbonyl (C=O) groups excluding carboxylic acids is 1. The van der Waals surface area contributed by atoms with Gasteiger partial charge >= 0.3 is 6.18 Å². The molecule has 0 N–H and O–H groups in total. The molecule has 2 aromatic carbocycles. The van der Waals surface area contributed by atoms with Gasteiger partial charge in [0.05, 0.1) is 24.0 Å². The summed E-state index contributed by atoms with van der Waals surface area (Å²) in [6.07, 6.45) is -3.75. The van der Waals surface area contributed by atoms with E-state index in [0.717, 1.165) is 22.0 Å². The van der Waals surface area contributed by atoms with Crippen LogP contribution in [0.5, 0.6) is 0 Å². The Hall–Kier alpha value is -3.99. The Labute approximate surface area is 204 Å². The number of hydrogen-bond acceptors (Lipinski definition) is 6. The van der Waals surface area contributed by atoms with E-state index in [1.54, 1.807) is 18.2 Å². The summed E-state index contributed by atoms with van der Waals surface area (Å²) in [5.41, 5.74) is 0.681. The molecule has 0 unspecified atom stereocenters. The molecule has 1 fully saturated rings. The Morgan fingerprint density at radius 2 is 1.69 bits per heavy atom. The highest BCUT2D eigenvalue weighted by molar-refractivity contribution is 5.95. The molecule has 1 amide bonds. The molecule has 0 spiro atoms. The molecule has 11 heteroatoms. The number of alkyl halides is 3. The van der Waals surface area contributed by atoms with E-state index in [9.17, 15) is 18.0 Å². The molecule has 0 radical (unpaired) electrons. The highest BCUT2D eigenvalue weighted by Crippen LogP contribution is 2.34. The van der Waals surface area contributed by atoms with E-state index in [4.69, 9.17) is 4.52 Å². The van der Waals surface area contributed by atoms with Crippen molar-refractivity contribution in [3.8, 4) is 17.1 Å². The van der Waals surface area contributed by atoms with Crippen molar-refractivity contribution in [2.75, 3.05) is 26.2 Å². The molecule has 0 saturated carbocycles. The number of rotatable bonds is 5. The van der Waals surface area contributed by atoms with E-state index in [0.29, 0.717) is 31.3 Å². The summed E-state index contributed by atoms with van der Waals surface area (Å²) >= 11 is 0. The van der Waals surface area contributed by atoms with Crippen LogP contribution in [0.15, 0.2) is 65.3 Å². The zero-order valence-electron chi connectivity index (χ0n) is 19.4. The number of halogens is 3. The van der Waals surface area contributed by atoms with Crippen LogP contribution >= 0.6 is 0 Å². The van der Waals surface area contributed by atoms with Crippen molar-refractivity contribution in [2.45, 2.75) is 19.6 Å². The third kappa shape index (κ3) is 4.87. The molecule has 1 saturated heterocycles. The number of hydrogen-bond donors (Lipinski definition) is 0. The summed E-state index contributed by atoms with van der Waals surface area (Å²) in [4.78, 5) is 21.0. The van der Waals surface area contributed by atoms with Crippen molar-refractivity contribution in [1.29, 1.82) is 0 Å². The molecule has 1 aliphatic rings. The molecule has 5 rings (SSSR count).